The predicted molar refractivity (Wildman–Crippen MR) is 138 cm³/mol. The van der Waals surface area contributed by atoms with Crippen LogP contribution in [0.2, 0.25) is 0 Å². The van der Waals surface area contributed by atoms with E-state index in [2.05, 4.69) is 70.5 Å². The Morgan fingerprint density at radius 1 is 0.818 bits per heavy atom. The molecule has 1 aliphatic heterocycles. The summed E-state index contributed by atoms with van der Waals surface area (Å²) in [6.45, 7) is 11.6. The maximum atomic E-state index is 10.1. The molecule has 1 N–H and O–H groups in total. The Bertz CT molecular complexity index is 980. The highest BCUT2D eigenvalue weighted by atomic mass is 35.5. The number of phenols is 1. The summed E-state index contributed by atoms with van der Waals surface area (Å²) in [5.41, 5.74) is 5.49. The molecule has 1 aliphatic rings. The number of hydrogen-bond donors (Lipinski definition) is 1. The van der Waals surface area contributed by atoms with Crippen LogP contribution in [0.3, 0.4) is 0 Å². The number of rotatable bonds is 7. The summed E-state index contributed by atoms with van der Waals surface area (Å²) in [6.07, 6.45) is 0. The van der Waals surface area contributed by atoms with E-state index in [9.17, 15) is 5.11 Å². The molecule has 0 atom stereocenters. The Balaban J connectivity index is 0.00000306. The minimum Gasteiger partial charge on any atom is -0.507 e. The number of aryl methyl sites for hydroxylation is 1. The topological polar surface area (TPSA) is 35.9 Å². The summed E-state index contributed by atoms with van der Waals surface area (Å²) < 4.78 is 6.10. The smallest absolute Gasteiger partial charge is 0.123 e. The van der Waals surface area contributed by atoms with Gasteiger partial charge in [0, 0.05) is 32.7 Å². The number of halogens is 1. The first kappa shape index (κ1) is 25.1. The molecule has 3 aromatic carbocycles. The number of nitrogens with zero attached hydrogens (tertiary/aromatic N) is 2. The molecule has 0 unspecified atom stereocenters. The Morgan fingerprint density at radius 2 is 1.36 bits per heavy atom. The zero-order valence-electron chi connectivity index (χ0n) is 19.8. The predicted octanol–water partition coefficient (Wildman–Crippen LogP) is 5.53. The van der Waals surface area contributed by atoms with Crippen LogP contribution >= 0.6 is 12.4 Å². The third kappa shape index (κ3) is 5.89. The Labute approximate surface area is 204 Å². The molecule has 0 bridgehead atoms. The SMILES string of the molecule is Cc1cc(OCCN2CCN(C(c3ccccc3)c3ccccc3)CC2)c(C)c(C)c1O.Cl. The van der Waals surface area contributed by atoms with E-state index >= 15 is 0 Å². The third-order valence-electron chi connectivity index (χ3n) is 6.68. The van der Waals surface area contributed by atoms with E-state index < -0.39 is 0 Å². The monoisotopic (exact) mass is 466 g/mol. The third-order valence-corrected chi connectivity index (χ3v) is 6.68. The summed E-state index contributed by atoms with van der Waals surface area (Å²) >= 11 is 0. The number of hydrogen-bond acceptors (Lipinski definition) is 4. The molecule has 5 heteroatoms. The molecule has 1 heterocycles. The second-order valence-electron chi connectivity index (χ2n) is 8.74. The van der Waals surface area contributed by atoms with Gasteiger partial charge in [0.1, 0.15) is 18.1 Å². The van der Waals surface area contributed by atoms with E-state index in [4.69, 9.17) is 4.74 Å². The summed E-state index contributed by atoms with van der Waals surface area (Å²) in [5, 5.41) is 10.1. The van der Waals surface area contributed by atoms with Crippen molar-refractivity contribution in [2.45, 2.75) is 26.8 Å². The maximum Gasteiger partial charge on any atom is 0.123 e. The number of ether oxygens (including phenoxy) is 1. The zero-order chi connectivity index (χ0) is 22.5. The zero-order valence-corrected chi connectivity index (χ0v) is 20.6. The van der Waals surface area contributed by atoms with Gasteiger partial charge in [-0.3, -0.25) is 9.80 Å². The van der Waals surface area contributed by atoms with E-state index in [1.165, 1.54) is 11.1 Å². The van der Waals surface area contributed by atoms with E-state index in [-0.39, 0.29) is 12.4 Å². The Morgan fingerprint density at radius 3 is 1.91 bits per heavy atom. The molecule has 33 heavy (non-hydrogen) atoms. The van der Waals surface area contributed by atoms with Gasteiger partial charge < -0.3 is 9.84 Å². The van der Waals surface area contributed by atoms with Crippen molar-refractivity contribution in [1.29, 1.82) is 0 Å². The average Bonchev–Trinajstić information content (AvgIpc) is 2.83. The largest absolute Gasteiger partial charge is 0.507 e. The van der Waals surface area contributed by atoms with E-state index in [1.54, 1.807) is 0 Å². The van der Waals surface area contributed by atoms with Crippen LogP contribution in [-0.4, -0.2) is 54.2 Å². The van der Waals surface area contributed by atoms with Gasteiger partial charge in [-0.1, -0.05) is 60.7 Å². The lowest BCUT2D eigenvalue weighted by molar-refractivity contribution is 0.0976. The molecular weight excluding hydrogens is 432 g/mol. The van der Waals surface area contributed by atoms with Crippen LogP contribution in [0.4, 0.5) is 0 Å². The van der Waals surface area contributed by atoms with E-state index in [1.807, 2.05) is 26.8 Å². The molecular formula is C28H35ClN2O2. The van der Waals surface area contributed by atoms with Crippen molar-refractivity contribution in [2.75, 3.05) is 39.3 Å². The fourth-order valence-corrected chi connectivity index (χ4v) is 4.60. The molecule has 0 spiro atoms. The maximum absolute atomic E-state index is 10.1. The highest BCUT2D eigenvalue weighted by molar-refractivity contribution is 5.85. The number of aromatic hydroxyl groups is 1. The number of piperazine rings is 1. The normalized spacial score (nSPS) is 14.8. The Hall–Kier alpha value is -2.53. The molecule has 4 rings (SSSR count). The van der Waals surface area contributed by atoms with Crippen LogP contribution < -0.4 is 4.74 Å². The molecule has 4 nitrogen and oxygen atoms in total. The van der Waals surface area contributed by atoms with Crippen molar-refractivity contribution < 1.29 is 9.84 Å². The summed E-state index contributed by atoms with van der Waals surface area (Å²) in [5.74, 6) is 1.25. The van der Waals surface area contributed by atoms with E-state index in [0.717, 1.165) is 55.2 Å². The number of phenolic OH excluding ortho intramolecular Hbond substituents is 1. The van der Waals surface area contributed by atoms with Crippen molar-refractivity contribution in [3.8, 4) is 11.5 Å². The Kier molecular flexibility index (Phi) is 8.79. The molecule has 0 radical (unpaired) electrons. The van der Waals surface area contributed by atoms with Crippen LogP contribution in [-0.2, 0) is 0 Å². The van der Waals surface area contributed by atoms with Gasteiger partial charge >= 0.3 is 0 Å². The van der Waals surface area contributed by atoms with Gasteiger partial charge in [-0.2, -0.15) is 0 Å². The lowest BCUT2D eigenvalue weighted by atomic mass is 9.96. The quantitative estimate of drug-likeness (QED) is 0.497. The fourth-order valence-electron chi connectivity index (χ4n) is 4.60. The molecule has 0 aromatic heterocycles. The molecule has 176 valence electrons. The fraction of sp³-hybridized carbons (Fsp3) is 0.357. The van der Waals surface area contributed by atoms with Gasteiger partial charge in [0.2, 0.25) is 0 Å². The van der Waals surface area contributed by atoms with Gasteiger partial charge in [0.25, 0.3) is 0 Å². The number of benzene rings is 3. The van der Waals surface area contributed by atoms with Crippen molar-refractivity contribution >= 4 is 12.4 Å². The average molecular weight is 467 g/mol. The second kappa shape index (κ2) is 11.6. The van der Waals surface area contributed by atoms with Crippen LogP contribution in [0, 0.1) is 20.8 Å². The minimum absolute atomic E-state index is 0. The van der Waals surface area contributed by atoms with Crippen molar-refractivity contribution in [3.05, 3.63) is 94.5 Å². The molecule has 3 aromatic rings. The van der Waals surface area contributed by atoms with Gasteiger partial charge in [-0.15, -0.1) is 12.4 Å². The van der Waals surface area contributed by atoms with Crippen molar-refractivity contribution in [2.24, 2.45) is 0 Å². The lowest BCUT2D eigenvalue weighted by Crippen LogP contribution is -2.48. The molecule has 1 saturated heterocycles. The summed E-state index contributed by atoms with van der Waals surface area (Å²) in [6, 6.07) is 23.9. The molecule has 1 fully saturated rings. The molecule has 0 amide bonds. The van der Waals surface area contributed by atoms with Crippen LogP contribution in [0.15, 0.2) is 66.7 Å². The highest BCUT2D eigenvalue weighted by Crippen LogP contribution is 2.32. The minimum atomic E-state index is 0. The first-order chi connectivity index (χ1) is 15.5. The van der Waals surface area contributed by atoms with Crippen LogP contribution in [0.1, 0.15) is 33.9 Å². The summed E-state index contributed by atoms with van der Waals surface area (Å²) in [4.78, 5) is 5.08. The van der Waals surface area contributed by atoms with Gasteiger partial charge in [-0.05, 0) is 54.7 Å². The standard InChI is InChI=1S/C28H34N2O2.ClH/c1-21-20-26(22(2)23(3)28(21)31)32-19-18-29-14-16-30(17-15-29)27(24-10-6-4-7-11-24)25-12-8-5-9-13-25;/h4-13,20,27,31H,14-19H2,1-3H3;1H. The summed E-state index contributed by atoms with van der Waals surface area (Å²) in [7, 11) is 0. The van der Waals surface area contributed by atoms with Crippen LogP contribution in [0.5, 0.6) is 11.5 Å². The van der Waals surface area contributed by atoms with Gasteiger partial charge in [0.05, 0.1) is 6.04 Å². The van der Waals surface area contributed by atoms with E-state index in [0.29, 0.717) is 18.4 Å². The highest BCUT2D eigenvalue weighted by Gasteiger charge is 2.26. The van der Waals surface area contributed by atoms with Crippen molar-refractivity contribution in [1.82, 2.24) is 9.80 Å². The second-order valence-corrected chi connectivity index (χ2v) is 8.74. The lowest BCUT2D eigenvalue weighted by Gasteiger charge is -2.39. The van der Waals surface area contributed by atoms with Crippen molar-refractivity contribution in [3.63, 3.8) is 0 Å². The molecule has 0 saturated carbocycles. The van der Waals surface area contributed by atoms with Gasteiger partial charge in [-0.25, -0.2) is 0 Å². The molecule has 0 aliphatic carbocycles. The first-order valence-corrected chi connectivity index (χ1v) is 11.5. The first-order valence-electron chi connectivity index (χ1n) is 11.5. The van der Waals surface area contributed by atoms with Gasteiger partial charge in [0.15, 0.2) is 0 Å². The van der Waals surface area contributed by atoms with Crippen LogP contribution in [0.25, 0.3) is 0 Å².